The number of allylic oxidation sites excluding steroid dienone is 2. The number of urea groups is 1. The average Bonchev–Trinajstić information content (AvgIpc) is 3.15. The van der Waals surface area contributed by atoms with Gasteiger partial charge < -0.3 is 15.2 Å². The fraction of sp³-hybridized carbons (Fsp3) is 0.485. The summed E-state index contributed by atoms with van der Waals surface area (Å²) in [5.41, 5.74) is -0.501. The third-order valence-electron chi connectivity index (χ3n) is 7.65. The van der Waals surface area contributed by atoms with Gasteiger partial charge in [-0.2, -0.15) is 13.2 Å². The zero-order valence-corrected chi connectivity index (χ0v) is 25.7. The lowest BCUT2D eigenvalue weighted by Gasteiger charge is -2.25. The number of carbonyl (C=O) groups excluding carboxylic acids is 3. The van der Waals surface area contributed by atoms with Crippen LogP contribution in [0.3, 0.4) is 0 Å². The Bertz CT molecular complexity index is 1380. The van der Waals surface area contributed by atoms with E-state index in [1.807, 2.05) is 38.1 Å². The standard InChI is InChI=1S/C33H41F3N2O5/c1-7-10-21-20-25(26(16-18-39)33(34,35)36)27(40)24(11-8-2)28(21)43-19-9-17-38-29(41)32(6,37-30(38)42)23-14-12-22(13-15-23)31(3,4)5/h12-16,18,20,40H,7-11,17,19H2,1-6H3,(H,37,42)/b26-16+. The number of nitrogens with zero attached hydrogens (tertiary/aromatic N) is 1. The Labute approximate surface area is 251 Å². The van der Waals surface area contributed by atoms with Crippen LogP contribution in [-0.4, -0.2) is 47.6 Å². The minimum absolute atomic E-state index is 0.0490. The van der Waals surface area contributed by atoms with E-state index < -0.39 is 34.6 Å². The van der Waals surface area contributed by atoms with E-state index in [-0.39, 0.29) is 49.2 Å². The van der Waals surface area contributed by atoms with Gasteiger partial charge in [-0.1, -0.05) is 71.7 Å². The number of alkyl halides is 3. The summed E-state index contributed by atoms with van der Waals surface area (Å²) in [5, 5.41) is 13.7. The third-order valence-corrected chi connectivity index (χ3v) is 7.65. The summed E-state index contributed by atoms with van der Waals surface area (Å²) in [6.07, 6.45) is -2.38. The summed E-state index contributed by atoms with van der Waals surface area (Å²) in [7, 11) is 0. The van der Waals surface area contributed by atoms with Crippen molar-refractivity contribution in [1.82, 2.24) is 10.2 Å². The second-order valence-electron chi connectivity index (χ2n) is 12.0. The van der Waals surface area contributed by atoms with E-state index in [2.05, 4.69) is 26.1 Å². The molecule has 234 valence electrons. The van der Waals surface area contributed by atoms with Gasteiger partial charge in [-0.25, -0.2) is 4.79 Å². The van der Waals surface area contributed by atoms with E-state index in [1.165, 1.54) is 6.07 Å². The van der Waals surface area contributed by atoms with Crippen molar-refractivity contribution < 1.29 is 37.4 Å². The molecule has 10 heteroatoms. The molecular formula is C33H41F3N2O5. The maximum atomic E-state index is 13.8. The summed E-state index contributed by atoms with van der Waals surface area (Å²) < 4.78 is 47.3. The summed E-state index contributed by atoms with van der Waals surface area (Å²) >= 11 is 0. The number of aromatic hydroxyl groups is 1. The van der Waals surface area contributed by atoms with Gasteiger partial charge in [0.2, 0.25) is 0 Å². The first-order chi connectivity index (χ1) is 20.1. The number of amides is 3. The van der Waals surface area contributed by atoms with Crippen LogP contribution >= 0.6 is 0 Å². The minimum atomic E-state index is -4.85. The highest BCUT2D eigenvalue weighted by Crippen LogP contribution is 2.44. The summed E-state index contributed by atoms with van der Waals surface area (Å²) in [4.78, 5) is 38.3. The van der Waals surface area contributed by atoms with Crippen LogP contribution in [0.4, 0.5) is 18.0 Å². The van der Waals surface area contributed by atoms with Crippen molar-refractivity contribution >= 4 is 23.8 Å². The maximum absolute atomic E-state index is 13.8. The molecule has 0 spiro atoms. The van der Waals surface area contributed by atoms with Crippen LogP contribution in [0.25, 0.3) is 5.57 Å². The highest BCUT2D eigenvalue weighted by Gasteiger charge is 2.48. The highest BCUT2D eigenvalue weighted by atomic mass is 19.4. The molecular weight excluding hydrogens is 561 g/mol. The molecule has 1 aliphatic heterocycles. The van der Waals surface area contributed by atoms with Crippen LogP contribution in [0.1, 0.15) is 88.6 Å². The van der Waals surface area contributed by atoms with Gasteiger partial charge in [0.1, 0.15) is 23.3 Å². The van der Waals surface area contributed by atoms with E-state index >= 15 is 0 Å². The van der Waals surface area contributed by atoms with Crippen LogP contribution in [0.15, 0.2) is 36.4 Å². The molecule has 7 nitrogen and oxygen atoms in total. The average molecular weight is 603 g/mol. The normalized spacial score (nSPS) is 17.8. The molecule has 3 rings (SSSR count). The fourth-order valence-electron chi connectivity index (χ4n) is 5.30. The number of aldehydes is 1. The van der Waals surface area contributed by atoms with Gasteiger partial charge in [-0.3, -0.25) is 14.5 Å². The number of imide groups is 1. The number of nitrogens with one attached hydrogen (secondary N) is 1. The zero-order valence-electron chi connectivity index (χ0n) is 25.7. The number of aryl methyl sites for hydroxylation is 1. The summed E-state index contributed by atoms with van der Waals surface area (Å²) in [5.74, 6) is -0.675. The molecule has 1 saturated heterocycles. The second-order valence-corrected chi connectivity index (χ2v) is 12.0. The molecule has 43 heavy (non-hydrogen) atoms. The lowest BCUT2D eigenvalue weighted by molar-refractivity contribution is -0.131. The molecule has 1 heterocycles. The second kappa shape index (κ2) is 13.2. The van der Waals surface area contributed by atoms with Crippen molar-refractivity contribution in [3.8, 4) is 11.5 Å². The minimum Gasteiger partial charge on any atom is -0.507 e. The summed E-state index contributed by atoms with van der Waals surface area (Å²) in [6.45, 7) is 11.8. The van der Waals surface area contributed by atoms with E-state index in [1.54, 1.807) is 6.92 Å². The first kappa shape index (κ1) is 33.7. The summed E-state index contributed by atoms with van der Waals surface area (Å²) in [6, 6.07) is 8.30. The van der Waals surface area contributed by atoms with E-state index in [4.69, 9.17) is 4.74 Å². The molecule has 1 unspecified atom stereocenters. The first-order valence-corrected chi connectivity index (χ1v) is 14.6. The lowest BCUT2D eigenvalue weighted by atomic mass is 9.84. The Morgan fingerprint density at radius 1 is 1.07 bits per heavy atom. The Hall–Kier alpha value is -3.82. The van der Waals surface area contributed by atoms with E-state index in [0.29, 0.717) is 42.2 Å². The van der Waals surface area contributed by atoms with Crippen molar-refractivity contribution in [3.63, 3.8) is 0 Å². The third kappa shape index (κ3) is 7.22. The number of rotatable bonds is 12. The smallest absolute Gasteiger partial charge is 0.417 e. The Kier molecular flexibility index (Phi) is 10.4. The predicted molar refractivity (Wildman–Crippen MR) is 159 cm³/mol. The van der Waals surface area contributed by atoms with Gasteiger partial charge in [0.05, 0.1) is 12.2 Å². The molecule has 1 fully saturated rings. The predicted octanol–water partition coefficient (Wildman–Crippen LogP) is 6.98. The van der Waals surface area contributed by atoms with Crippen molar-refractivity contribution in [1.29, 1.82) is 0 Å². The molecule has 2 N–H and O–H groups in total. The quantitative estimate of drug-likeness (QED) is 0.118. The molecule has 0 radical (unpaired) electrons. The molecule has 1 aliphatic rings. The fourth-order valence-corrected chi connectivity index (χ4v) is 5.30. The van der Waals surface area contributed by atoms with E-state index in [9.17, 15) is 32.7 Å². The number of ether oxygens (including phenoxy) is 1. The SMILES string of the molecule is CCCc1cc(/C(=C\C=O)C(F)(F)F)c(O)c(CCC)c1OCCCN1C(=O)NC(C)(c2ccc(C(C)(C)C)cc2)C1=O. The topological polar surface area (TPSA) is 95.9 Å². The van der Waals surface area contributed by atoms with Gasteiger partial charge in [0, 0.05) is 17.7 Å². The molecule has 0 bridgehead atoms. The number of halogens is 3. The van der Waals surface area contributed by atoms with Crippen LogP contribution in [-0.2, 0) is 33.4 Å². The van der Waals surface area contributed by atoms with Crippen molar-refractivity contribution in [2.24, 2.45) is 0 Å². The van der Waals surface area contributed by atoms with E-state index in [0.717, 1.165) is 10.5 Å². The van der Waals surface area contributed by atoms with Crippen molar-refractivity contribution in [2.45, 2.75) is 90.8 Å². The van der Waals surface area contributed by atoms with Gasteiger partial charge in [-0.05, 0) is 60.4 Å². The molecule has 1 atom stereocenters. The van der Waals surface area contributed by atoms with Gasteiger partial charge in [0.15, 0.2) is 0 Å². The molecule has 3 amide bonds. The van der Waals surface area contributed by atoms with Gasteiger partial charge in [0.25, 0.3) is 5.91 Å². The highest BCUT2D eigenvalue weighted by molar-refractivity contribution is 6.07. The zero-order chi connectivity index (χ0) is 32.2. The first-order valence-electron chi connectivity index (χ1n) is 14.6. The number of phenols is 1. The number of phenolic OH excluding ortho intramolecular Hbond substituents is 1. The Morgan fingerprint density at radius 2 is 1.70 bits per heavy atom. The largest absolute Gasteiger partial charge is 0.507 e. The molecule has 0 aromatic heterocycles. The van der Waals surface area contributed by atoms with Crippen molar-refractivity contribution in [3.05, 3.63) is 64.2 Å². The van der Waals surface area contributed by atoms with Crippen LogP contribution in [0.2, 0.25) is 0 Å². The van der Waals surface area contributed by atoms with Crippen LogP contribution in [0, 0.1) is 0 Å². The number of hydrogen-bond donors (Lipinski definition) is 2. The molecule has 0 aliphatic carbocycles. The molecule has 0 saturated carbocycles. The monoisotopic (exact) mass is 602 g/mol. The van der Waals surface area contributed by atoms with Crippen LogP contribution in [0.5, 0.6) is 11.5 Å². The number of hydrogen-bond acceptors (Lipinski definition) is 5. The molecule has 2 aromatic carbocycles. The van der Waals surface area contributed by atoms with Crippen molar-refractivity contribution in [2.75, 3.05) is 13.2 Å². The Morgan fingerprint density at radius 3 is 2.23 bits per heavy atom. The number of benzene rings is 2. The number of carbonyl (C=O) groups is 3. The van der Waals surface area contributed by atoms with Crippen LogP contribution < -0.4 is 10.1 Å². The maximum Gasteiger partial charge on any atom is 0.417 e. The lowest BCUT2D eigenvalue weighted by Crippen LogP contribution is -2.41. The van der Waals surface area contributed by atoms with Gasteiger partial charge in [-0.15, -0.1) is 0 Å². The molecule has 2 aromatic rings. The Balaban J connectivity index is 1.81. The van der Waals surface area contributed by atoms with Gasteiger partial charge >= 0.3 is 12.2 Å².